The number of hydrogen-bond donors (Lipinski definition) is 0. The Balaban J connectivity index is 2.22. The second-order valence-electron chi connectivity index (χ2n) is 6.65. The second-order valence-corrected chi connectivity index (χ2v) is 6.65. The number of rotatable bonds is 1. The van der Waals surface area contributed by atoms with Crippen LogP contribution in [0.5, 0.6) is 5.75 Å². The van der Waals surface area contributed by atoms with E-state index in [4.69, 9.17) is 8.85 Å². The van der Waals surface area contributed by atoms with Gasteiger partial charge in [-0.15, -0.1) is 0 Å². The number of nitrogens with zero attached hydrogens (tertiary/aromatic N) is 1. The van der Waals surface area contributed by atoms with Crippen molar-refractivity contribution < 1.29 is 13.4 Å². The molecular weight excluding hydrogens is 258 g/mol. The monoisotopic (exact) mass is 285 g/mol. The molecule has 0 bridgehead atoms. The molecule has 0 saturated carbocycles. The molecule has 1 aliphatic rings. The molecule has 0 amide bonds. The molecule has 1 aromatic heterocycles. The van der Waals surface area contributed by atoms with Crippen molar-refractivity contribution in [2.75, 3.05) is 0 Å². The molecular formula is C19H24NO+. The SMILES string of the molecule is [2H]C([2H])([2H])c1c[n+](C)c(-c2c(C)ccc3c2OC(C)(C)C3)cc1C. The van der Waals surface area contributed by atoms with Crippen LogP contribution in [0.2, 0.25) is 0 Å². The predicted molar refractivity (Wildman–Crippen MR) is 85.7 cm³/mol. The van der Waals surface area contributed by atoms with Crippen LogP contribution in [0.15, 0.2) is 24.4 Å². The third-order valence-corrected chi connectivity index (χ3v) is 4.18. The summed E-state index contributed by atoms with van der Waals surface area (Å²) in [7, 11) is 1.89. The summed E-state index contributed by atoms with van der Waals surface area (Å²) >= 11 is 0. The van der Waals surface area contributed by atoms with E-state index in [2.05, 4.69) is 32.9 Å². The zero-order chi connectivity index (χ0) is 17.9. The summed E-state index contributed by atoms with van der Waals surface area (Å²) in [6.07, 6.45) is 2.60. The third-order valence-electron chi connectivity index (χ3n) is 4.18. The van der Waals surface area contributed by atoms with Crippen LogP contribution < -0.4 is 9.30 Å². The summed E-state index contributed by atoms with van der Waals surface area (Å²) in [5.74, 6) is 0.927. The molecule has 0 spiro atoms. The Labute approximate surface area is 131 Å². The first-order valence-corrected chi connectivity index (χ1v) is 7.32. The Kier molecular flexibility index (Phi) is 2.37. The second kappa shape index (κ2) is 4.59. The van der Waals surface area contributed by atoms with Gasteiger partial charge in [-0.25, -0.2) is 4.57 Å². The fourth-order valence-electron chi connectivity index (χ4n) is 3.07. The number of aromatic nitrogens is 1. The number of aryl methyl sites for hydroxylation is 4. The maximum atomic E-state index is 7.70. The Bertz CT molecular complexity index is 822. The normalized spacial score (nSPS) is 18.4. The van der Waals surface area contributed by atoms with Crippen LogP contribution in [0.25, 0.3) is 11.3 Å². The van der Waals surface area contributed by atoms with Gasteiger partial charge in [0.2, 0.25) is 5.69 Å². The molecule has 2 heteroatoms. The van der Waals surface area contributed by atoms with Gasteiger partial charge in [0.25, 0.3) is 0 Å². The third kappa shape index (κ3) is 2.33. The van der Waals surface area contributed by atoms with Crippen molar-refractivity contribution in [1.82, 2.24) is 0 Å². The van der Waals surface area contributed by atoms with Crippen molar-refractivity contribution in [3.8, 4) is 17.0 Å². The summed E-state index contributed by atoms with van der Waals surface area (Å²) in [5.41, 5.74) is 5.32. The van der Waals surface area contributed by atoms with E-state index < -0.39 is 6.85 Å². The van der Waals surface area contributed by atoms with Crippen molar-refractivity contribution in [3.05, 3.63) is 46.6 Å². The topological polar surface area (TPSA) is 13.1 Å². The zero-order valence-electron chi connectivity index (χ0n) is 16.4. The van der Waals surface area contributed by atoms with Crippen LogP contribution in [-0.2, 0) is 13.5 Å². The summed E-state index contributed by atoms with van der Waals surface area (Å²) in [4.78, 5) is 0. The highest BCUT2D eigenvalue weighted by molar-refractivity contribution is 5.72. The quantitative estimate of drug-likeness (QED) is 0.726. The Morgan fingerprint density at radius 3 is 2.67 bits per heavy atom. The summed E-state index contributed by atoms with van der Waals surface area (Å²) in [6, 6.07) is 6.21. The fraction of sp³-hybridized carbons (Fsp3) is 0.421. The highest BCUT2D eigenvalue weighted by Crippen LogP contribution is 2.43. The van der Waals surface area contributed by atoms with E-state index >= 15 is 0 Å². The van der Waals surface area contributed by atoms with Gasteiger partial charge in [-0.2, -0.15) is 0 Å². The smallest absolute Gasteiger partial charge is 0.216 e. The lowest BCUT2D eigenvalue weighted by molar-refractivity contribution is -0.660. The molecule has 3 rings (SSSR count). The van der Waals surface area contributed by atoms with E-state index in [1.165, 1.54) is 5.56 Å². The number of ether oxygens (including phenoxy) is 1. The summed E-state index contributed by atoms with van der Waals surface area (Å²) in [5, 5.41) is 0. The number of hydrogen-bond acceptors (Lipinski definition) is 1. The van der Waals surface area contributed by atoms with Gasteiger partial charge in [-0.1, -0.05) is 12.1 Å². The maximum Gasteiger partial charge on any atom is 0.216 e. The largest absolute Gasteiger partial charge is 0.486 e. The number of pyridine rings is 1. The molecule has 0 radical (unpaired) electrons. The van der Waals surface area contributed by atoms with Gasteiger partial charge in [0.15, 0.2) is 6.20 Å². The molecule has 1 aliphatic heterocycles. The highest BCUT2D eigenvalue weighted by Gasteiger charge is 2.34. The predicted octanol–water partition coefficient (Wildman–Crippen LogP) is 3.82. The first-order chi connectivity index (χ1) is 11.0. The van der Waals surface area contributed by atoms with Gasteiger partial charge in [0, 0.05) is 22.2 Å². The number of benzene rings is 1. The van der Waals surface area contributed by atoms with Crippen LogP contribution in [-0.4, -0.2) is 5.60 Å². The minimum Gasteiger partial charge on any atom is -0.486 e. The number of fused-ring (bicyclic) bond motifs is 1. The molecule has 2 nitrogen and oxygen atoms in total. The minimum absolute atomic E-state index is 0.211. The Morgan fingerprint density at radius 1 is 1.19 bits per heavy atom. The average molecular weight is 285 g/mol. The molecule has 0 N–H and O–H groups in total. The Hall–Kier alpha value is -1.83. The molecule has 0 unspecified atom stereocenters. The standard InChI is InChI=1S/C19H24NO/c1-12-7-8-15-10-19(4,5)21-18(15)17(12)16-9-13(2)14(3)11-20(16)6/h7-9,11H,10H2,1-6H3/q+1/i3D3. The molecule has 2 heterocycles. The summed E-state index contributed by atoms with van der Waals surface area (Å²) in [6.45, 7) is 6.00. The van der Waals surface area contributed by atoms with Crippen LogP contribution in [0, 0.1) is 20.7 Å². The molecule has 0 atom stereocenters. The molecule has 0 aliphatic carbocycles. The van der Waals surface area contributed by atoms with Gasteiger partial charge < -0.3 is 4.74 Å². The lowest BCUT2D eigenvalue weighted by Crippen LogP contribution is -2.32. The van der Waals surface area contributed by atoms with E-state index in [1.54, 1.807) is 6.20 Å². The van der Waals surface area contributed by atoms with E-state index in [0.29, 0.717) is 5.56 Å². The van der Waals surface area contributed by atoms with E-state index in [-0.39, 0.29) is 5.60 Å². The van der Waals surface area contributed by atoms with Crippen LogP contribution in [0.3, 0.4) is 0 Å². The fourth-order valence-corrected chi connectivity index (χ4v) is 3.07. The van der Waals surface area contributed by atoms with Crippen molar-refractivity contribution in [1.29, 1.82) is 0 Å². The molecule has 0 fully saturated rings. The van der Waals surface area contributed by atoms with Crippen molar-refractivity contribution in [2.45, 2.75) is 46.6 Å². The lowest BCUT2D eigenvalue weighted by Gasteiger charge is -2.18. The van der Waals surface area contributed by atoms with Gasteiger partial charge in [-0.05, 0) is 51.2 Å². The van der Waals surface area contributed by atoms with Crippen LogP contribution >= 0.6 is 0 Å². The molecule has 0 saturated heterocycles. The van der Waals surface area contributed by atoms with Gasteiger partial charge >= 0.3 is 0 Å². The minimum atomic E-state index is -2.10. The molecule has 110 valence electrons. The lowest BCUT2D eigenvalue weighted by atomic mass is 9.96. The molecule has 1 aromatic carbocycles. The van der Waals surface area contributed by atoms with Crippen molar-refractivity contribution in [3.63, 3.8) is 0 Å². The molecule has 2 aromatic rings. The van der Waals surface area contributed by atoms with Crippen LogP contribution in [0.4, 0.5) is 0 Å². The van der Waals surface area contributed by atoms with Crippen molar-refractivity contribution in [2.24, 2.45) is 7.05 Å². The zero-order valence-corrected chi connectivity index (χ0v) is 13.4. The highest BCUT2D eigenvalue weighted by atomic mass is 16.5. The van der Waals surface area contributed by atoms with Crippen molar-refractivity contribution >= 4 is 0 Å². The summed E-state index contributed by atoms with van der Waals surface area (Å²) < 4.78 is 31.2. The Morgan fingerprint density at radius 2 is 1.95 bits per heavy atom. The first kappa shape index (κ1) is 10.8. The maximum absolute atomic E-state index is 7.70. The molecule has 21 heavy (non-hydrogen) atoms. The van der Waals surface area contributed by atoms with Gasteiger partial charge in [-0.3, -0.25) is 0 Å². The van der Waals surface area contributed by atoms with Crippen LogP contribution in [0.1, 0.15) is 40.2 Å². The first-order valence-electron chi connectivity index (χ1n) is 8.82. The van der Waals surface area contributed by atoms with E-state index in [1.807, 2.05) is 24.6 Å². The van der Waals surface area contributed by atoms with E-state index in [0.717, 1.165) is 34.6 Å². The van der Waals surface area contributed by atoms with Gasteiger partial charge in [0.1, 0.15) is 18.4 Å². The van der Waals surface area contributed by atoms with Gasteiger partial charge in [0.05, 0.1) is 5.56 Å². The average Bonchev–Trinajstić information content (AvgIpc) is 2.74. The van der Waals surface area contributed by atoms with E-state index in [9.17, 15) is 0 Å².